The van der Waals surface area contributed by atoms with E-state index in [1.54, 1.807) is 0 Å². The molecule has 0 bridgehead atoms. The Labute approximate surface area is 116 Å². The van der Waals surface area contributed by atoms with Crippen molar-refractivity contribution in [3.05, 3.63) is 29.8 Å². The molecule has 19 heavy (non-hydrogen) atoms. The number of anilines is 1. The zero-order chi connectivity index (χ0) is 13.2. The maximum absolute atomic E-state index is 6.22. The van der Waals surface area contributed by atoms with Crippen molar-refractivity contribution >= 4 is 5.69 Å². The highest BCUT2D eigenvalue weighted by Gasteiger charge is 2.30. The zero-order valence-corrected chi connectivity index (χ0v) is 11.9. The minimum atomic E-state index is 0.408. The highest BCUT2D eigenvalue weighted by molar-refractivity contribution is 5.48. The molecule has 1 saturated carbocycles. The van der Waals surface area contributed by atoms with Crippen molar-refractivity contribution in [2.45, 2.75) is 25.8 Å². The summed E-state index contributed by atoms with van der Waals surface area (Å²) in [6.45, 7) is 7.80. The molecule has 0 amide bonds. The van der Waals surface area contributed by atoms with Gasteiger partial charge in [-0.1, -0.05) is 12.1 Å². The average Bonchev–Trinajstić information content (AvgIpc) is 3.24. The van der Waals surface area contributed by atoms with Crippen LogP contribution < -0.4 is 10.6 Å². The van der Waals surface area contributed by atoms with E-state index < -0.39 is 0 Å². The molecule has 2 N–H and O–H groups in total. The Morgan fingerprint density at radius 2 is 1.95 bits per heavy atom. The van der Waals surface area contributed by atoms with E-state index in [4.69, 9.17) is 5.73 Å². The predicted molar refractivity (Wildman–Crippen MR) is 80.5 cm³/mol. The van der Waals surface area contributed by atoms with Crippen molar-refractivity contribution in [1.82, 2.24) is 4.90 Å². The fourth-order valence-electron chi connectivity index (χ4n) is 2.98. The molecule has 1 aromatic carbocycles. The summed E-state index contributed by atoms with van der Waals surface area (Å²) in [5, 5.41) is 0. The van der Waals surface area contributed by atoms with E-state index in [-0.39, 0.29) is 0 Å². The van der Waals surface area contributed by atoms with Crippen LogP contribution in [0.5, 0.6) is 0 Å². The van der Waals surface area contributed by atoms with Gasteiger partial charge in [0.2, 0.25) is 0 Å². The van der Waals surface area contributed by atoms with E-state index in [0.29, 0.717) is 6.04 Å². The molecule has 3 rings (SSSR count). The van der Waals surface area contributed by atoms with Gasteiger partial charge in [0.1, 0.15) is 0 Å². The molecule has 0 spiro atoms. The topological polar surface area (TPSA) is 32.5 Å². The van der Waals surface area contributed by atoms with Crippen LogP contribution in [-0.4, -0.2) is 43.7 Å². The van der Waals surface area contributed by atoms with Crippen LogP contribution in [0.15, 0.2) is 24.3 Å². The molecule has 1 heterocycles. The van der Waals surface area contributed by atoms with Crippen LogP contribution in [0.25, 0.3) is 0 Å². The third kappa shape index (κ3) is 3.28. The number of piperazine rings is 1. The fourth-order valence-corrected chi connectivity index (χ4v) is 2.98. The summed E-state index contributed by atoms with van der Waals surface area (Å²) in [6, 6.07) is 9.23. The third-order valence-electron chi connectivity index (χ3n) is 4.44. The maximum atomic E-state index is 6.22. The molecule has 3 nitrogen and oxygen atoms in total. The Hall–Kier alpha value is -1.06. The zero-order valence-electron chi connectivity index (χ0n) is 11.9. The molecule has 2 aliphatic rings. The first kappa shape index (κ1) is 12.9. The second-order valence-electron chi connectivity index (χ2n) is 6.13. The van der Waals surface area contributed by atoms with Crippen LogP contribution >= 0.6 is 0 Å². The molecule has 1 saturated heterocycles. The lowest BCUT2D eigenvalue weighted by atomic mass is 10.1. The monoisotopic (exact) mass is 259 g/mol. The van der Waals surface area contributed by atoms with Crippen molar-refractivity contribution in [3.8, 4) is 0 Å². The van der Waals surface area contributed by atoms with E-state index in [9.17, 15) is 0 Å². The van der Waals surface area contributed by atoms with Gasteiger partial charge < -0.3 is 10.6 Å². The smallest absolute Gasteiger partial charge is 0.0369 e. The standard InChI is InChI=1S/C16H25N3/c1-13-3-2-4-15(11-13)19-9-7-18(8-10-19)12-16(17)14-5-6-14/h2-4,11,14,16H,5-10,12,17H2,1H3. The van der Waals surface area contributed by atoms with Crippen LogP contribution in [0.4, 0.5) is 5.69 Å². The van der Waals surface area contributed by atoms with E-state index >= 15 is 0 Å². The van der Waals surface area contributed by atoms with E-state index in [1.807, 2.05) is 0 Å². The van der Waals surface area contributed by atoms with Crippen LogP contribution in [0.1, 0.15) is 18.4 Å². The van der Waals surface area contributed by atoms with Crippen molar-refractivity contribution in [3.63, 3.8) is 0 Å². The number of benzene rings is 1. The highest BCUT2D eigenvalue weighted by Crippen LogP contribution is 2.32. The van der Waals surface area contributed by atoms with Crippen LogP contribution in [0.3, 0.4) is 0 Å². The van der Waals surface area contributed by atoms with Crippen LogP contribution in [0, 0.1) is 12.8 Å². The minimum Gasteiger partial charge on any atom is -0.369 e. The van der Waals surface area contributed by atoms with Crippen LogP contribution in [-0.2, 0) is 0 Å². The first-order chi connectivity index (χ1) is 9.22. The Bertz CT molecular complexity index is 420. The van der Waals surface area contributed by atoms with Crippen LogP contribution in [0.2, 0.25) is 0 Å². The SMILES string of the molecule is Cc1cccc(N2CCN(CC(N)C3CC3)CC2)c1. The summed E-state index contributed by atoms with van der Waals surface area (Å²) in [5.74, 6) is 0.815. The van der Waals surface area contributed by atoms with E-state index in [0.717, 1.165) is 38.6 Å². The normalized spacial score (nSPS) is 22.5. The van der Waals surface area contributed by atoms with Gasteiger partial charge in [0.15, 0.2) is 0 Å². The summed E-state index contributed by atoms with van der Waals surface area (Å²) in [4.78, 5) is 5.03. The number of hydrogen-bond acceptors (Lipinski definition) is 3. The molecule has 1 aromatic rings. The third-order valence-corrected chi connectivity index (χ3v) is 4.44. The van der Waals surface area contributed by atoms with Gasteiger partial charge in [0.25, 0.3) is 0 Å². The van der Waals surface area contributed by atoms with Gasteiger partial charge in [0, 0.05) is 44.5 Å². The summed E-state index contributed by atoms with van der Waals surface area (Å²) in [5.41, 5.74) is 8.93. The molecule has 1 aliphatic carbocycles. The first-order valence-electron chi connectivity index (χ1n) is 7.52. The molecule has 1 atom stereocenters. The molecule has 2 fully saturated rings. The van der Waals surface area contributed by atoms with Crippen molar-refractivity contribution in [2.24, 2.45) is 11.7 Å². The Morgan fingerprint density at radius 1 is 1.21 bits per heavy atom. The second kappa shape index (κ2) is 5.51. The van der Waals surface area contributed by atoms with Gasteiger partial charge in [-0.15, -0.1) is 0 Å². The van der Waals surface area contributed by atoms with Gasteiger partial charge >= 0.3 is 0 Å². The molecule has 104 valence electrons. The Kier molecular flexibility index (Phi) is 3.76. The Balaban J connectivity index is 1.51. The lowest BCUT2D eigenvalue weighted by Crippen LogP contribution is -2.50. The van der Waals surface area contributed by atoms with E-state index in [1.165, 1.54) is 24.1 Å². The molecule has 0 radical (unpaired) electrons. The average molecular weight is 259 g/mol. The van der Waals surface area contributed by atoms with Gasteiger partial charge in [-0.3, -0.25) is 4.90 Å². The predicted octanol–water partition coefficient (Wildman–Crippen LogP) is 1.85. The number of aryl methyl sites for hydroxylation is 1. The van der Waals surface area contributed by atoms with Gasteiger partial charge in [-0.2, -0.15) is 0 Å². The van der Waals surface area contributed by atoms with Crippen molar-refractivity contribution in [2.75, 3.05) is 37.6 Å². The largest absolute Gasteiger partial charge is 0.369 e. The summed E-state index contributed by atoms with van der Waals surface area (Å²) in [7, 11) is 0. The number of nitrogens with two attached hydrogens (primary N) is 1. The number of rotatable bonds is 4. The minimum absolute atomic E-state index is 0.408. The van der Waals surface area contributed by atoms with Gasteiger partial charge in [-0.25, -0.2) is 0 Å². The lowest BCUT2D eigenvalue weighted by Gasteiger charge is -2.37. The maximum Gasteiger partial charge on any atom is 0.0369 e. The molecule has 0 aromatic heterocycles. The molecule has 3 heteroatoms. The number of nitrogens with zero attached hydrogens (tertiary/aromatic N) is 2. The summed E-state index contributed by atoms with van der Waals surface area (Å²) >= 11 is 0. The summed E-state index contributed by atoms with van der Waals surface area (Å²) in [6.07, 6.45) is 2.70. The molecule has 1 aliphatic heterocycles. The van der Waals surface area contributed by atoms with Crippen molar-refractivity contribution < 1.29 is 0 Å². The van der Waals surface area contributed by atoms with Gasteiger partial charge in [-0.05, 0) is 43.4 Å². The number of hydrogen-bond donors (Lipinski definition) is 1. The molecular formula is C16H25N3. The van der Waals surface area contributed by atoms with E-state index in [2.05, 4.69) is 41.0 Å². The molecule has 1 unspecified atom stereocenters. The van der Waals surface area contributed by atoms with Crippen molar-refractivity contribution in [1.29, 1.82) is 0 Å². The lowest BCUT2D eigenvalue weighted by molar-refractivity contribution is 0.235. The first-order valence-corrected chi connectivity index (χ1v) is 7.52. The summed E-state index contributed by atoms with van der Waals surface area (Å²) < 4.78 is 0. The second-order valence-corrected chi connectivity index (χ2v) is 6.13. The Morgan fingerprint density at radius 3 is 2.58 bits per heavy atom. The quantitative estimate of drug-likeness (QED) is 0.896. The van der Waals surface area contributed by atoms with Gasteiger partial charge in [0.05, 0.1) is 0 Å². The highest BCUT2D eigenvalue weighted by atomic mass is 15.3. The molecular weight excluding hydrogens is 234 g/mol. The fraction of sp³-hybridized carbons (Fsp3) is 0.625.